The number of benzene rings is 1. The summed E-state index contributed by atoms with van der Waals surface area (Å²) in [5, 5.41) is 0. The van der Waals surface area contributed by atoms with E-state index in [1.165, 1.54) is 16.7 Å². The molecule has 1 atom stereocenters. The lowest BCUT2D eigenvalue weighted by atomic mass is 9.78. The first kappa shape index (κ1) is 17.4. The highest BCUT2D eigenvalue weighted by atomic mass is 16.5. The second kappa shape index (κ2) is 7.21. The van der Waals surface area contributed by atoms with E-state index >= 15 is 0 Å². The molecule has 2 heterocycles. The summed E-state index contributed by atoms with van der Waals surface area (Å²) < 4.78 is 11.4. The first-order chi connectivity index (χ1) is 11.6. The Morgan fingerprint density at radius 3 is 2.71 bits per heavy atom. The summed E-state index contributed by atoms with van der Waals surface area (Å²) >= 11 is 0. The molecule has 0 bridgehead atoms. The predicted octanol–water partition coefficient (Wildman–Crippen LogP) is 1.96. The second-order valence-corrected chi connectivity index (χ2v) is 7.07. The molecule has 2 aliphatic rings. The average molecular weight is 332 g/mol. The van der Waals surface area contributed by atoms with E-state index in [9.17, 15) is 4.79 Å². The number of hydrogen-bond donors (Lipinski definition) is 1. The summed E-state index contributed by atoms with van der Waals surface area (Å²) in [7, 11) is 0. The van der Waals surface area contributed by atoms with Gasteiger partial charge in [0.1, 0.15) is 6.10 Å². The SMILES string of the molecule is Cc1ccc(C2CN(C(=O)C3(CN)CCOCC3)CCO2)c(C)c1. The smallest absolute Gasteiger partial charge is 0.230 e. The molecule has 0 radical (unpaired) electrons. The molecule has 1 unspecified atom stereocenters. The van der Waals surface area contributed by atoms with Gasteiger partial charge in [0.15, 0.2) is 0 Å². The average Bonchev–Trinajstić information content (AvgIpc) is 2.62. The van der Waals surface area contributed by atoms with Crippen molar-refractivity contribution in [2.24, 2.45) is 11.1 Å². The molecule has 24 heavy (non-hydrogen) atoms. The second-order valence-electron chi connectivity index (χ2n) is 7.07. The van der Waals surface area contributed by atoms with Gasteiger partial charge in [-0.1, -0.05) is 23.8 Å². The predicted molar refractivity (Wildman–Crippen MR) is 92.7 cm³/mol. The van der Waals surface area contributed by atoms with Crippen molar-refractivity contribution in [1.82, 2.24) is 4.90 Å². The van der Waals surface area contributed by atoms with Gasteiger partial charge in [-0.2, -0.15) is 0 Å². The molecule has 2 saturated heterocycles. The van der Waals surface area contributed by atoms with Gasteiger partial charge in [-0.25, -0.2) is 0 Å². The van der Waals surface area contributed by atoms with E-state index in [0.717, 1.165) is 0 Å². The van der Waals surface area contributed by atoms with Gasteiger partial charge in [-0.15, -0.1) is 0 Å². The van der Waals surface area contributed by atoms with Gasteiger partial charge >= 0.3 is 0 Å². The molecule has 2 fully saturated rings. The van der Waals surface area contributed by atoms with Crippen LogP contribution in [0.5, 0.6) is 0 Å². The zero-order chi connectivity index (χ0) is 17.2. The minimum Gasteiger partial charge on any atom is -0.381 e. The molecule has 1 aromatic rings. The molecule has 2 aliphatic heterocycles. The topological polar surface area (TPSA) is 64.8 Å². The van der Waals surface area contributed by atoms with Crippen molar-refractivity contribution in [2.45, 2.75) is 32.8 Å². The van der Waals surface area contributed by atoms with Crippen LogP contribution in [0.4, 0.5) is 0 Å². The fraction of sp³-hybridized carbons (Fsp3) is 0.632. The van der Waals surface area contributed by atoms with Crippen molar-refractivity contribution in [3.05, 3.63) is 34.9 Å². The summed E-state index contributed by atoms with van der Waals surface area (Å²) in [5.41, 5.74) is 9.17. The first-order valence-corrected chi connectivity index (χ1v) is 8.82. The monoisotopic (exact) mass is 332 g/mol. The first-order valence-electron chi connectivity index (χ1n) is 8.82. The molecule has 5 nitrogen and oxygen atoms in total. The van der Waals surface area contributed by atoms with E-state index in [0.29, 0.717) is 52.3 Å². The third-order valence-electron chi connectivity index (χ3n) is 5.42. The molecule has 2 N–H and O–H groups in total. The lowest BCUT2D eigenvalue weighted by molar-refractivity contribution is -0.154. The molecule has 0 aliphatic carbocycles. The highest BCUT2D eigenvalue weighted by Gasteiger charge is 2.42. The van der Waals surface area contributed by atoms with Crippen LogP contribution < -0.4 is 5.73 Å². The fourth-order valence-corrected chi connectivity index (χ4v) is 3.81. The number of hydrogen-bond acceptors (Lipinski definition) is 4. The van der Waals surface area contributed by atoms with Crippen LogP contribution in [0.3, 0.4) is 0 Å². The minimum absolute atomic E-state index is 0.0574. The minimum atomic E-state index is -0.456. The van der Waals surface area contributed by atoms with Gasteiger partial charge in [-0.3, -0.25) is 4.79 Å². The molecule has 1 amide bonds. The summed E-state index contributed by atoms with van der Waals surface area (Å²) in [4.78, 5) is 15.1. The van der Waals surface area contributed by atoms with Gasteiger partial charge in [0.2, 0.25) is 5.91 Å². The van der Waals surface area contributed by atoms with Crippen molar-refractivity contribution >= 4 is 5.91 Å². The molecule has 132 valence electrons. The summed E-state index contributed by atoms with van der Waals surface area (Å²) in [6.07, 6.45) is 1.37. The number of nitrogens with zero attached hydrogens (tertiary/aromatic N) is 1. The van der Waals surface area contributed by atoms with Crippen molar-refractivity contribution in [1.29, 1.82) is 0 Å². The quantitative estimate of drug-likeness (QED) is 0.919. The Morgan fingerprint density at radius 2 is 2.04 bits per heavy atom. The number of morpholine rings is 1. The Bertz CT molecular complexity index is 596. The van der Waals surface area contributed by atoms with Gasteiger partial charge in [0, 0.05) is 26.3 Å². The maximum Gasteiger partial charge on any atom is 0.230 e. The van der Waals surface area contributed by atoms with Gasteiger partial charge in [-0.05, 0) is 37.8 Å². The Morgan fingerprint density at radius 1 is 1.29 bits per heavy atom. The third kappa shape index (κ3) is 3.34. The Hall–Kier alpha value is -1.43. The van der Waals surface area contributed by atoms with E-state index < -0.39 is 5.41 Å². The Balaban J connectivity index is 1.76. The lowest BCUT2D eigenvalue weighted by Crippen LogP contribution is -2.54. The van der Waals surface area contributed by atoms with Crippen molar-refractivity contribution in [2.75, 3.05) is 39.5 Å². The maximum atomic E-state index is 13.2. The number of rotatable bonds is 3. The summed E-state index contributed by atoms with van der Waals surface area (Å²) in [5.74, 6) is 0.173. The normalized spacial score (nSPS) is 24.0. The number of carbonyl (C=O) groups excluding carboxylic acids is 1. The van der Waals surface area contributed by atoms with Gasteiger partial charge in [0.05, 0.1) is 18.6 Å². The van der Waals surface area contributed by atoms with Crippen LogP contribution >= 0.6 is 0 Å². The molecule has 5 heteroatoms. The highest BCUT2D eigenvalue weighted by Crippen LogP contribution is 2.34. The van der Waals surface area contributed by atoms with Gasteiger partial charge < -0.3 is 20.1 Å². The van der Waals surface area contributed by atoms with Crippen molar-refractivity contribution in [3.63, 3.8) is 0 Å². The molecular formula is C19H28N2O3. The van der Waals surface area contributed by atoms with Crippen LogP contribution in [0, 0.1) is 19.3 Å². The fourth-order valence-electron chi connectivity index (χ4n) is 3.81. The maximum absolute atomic E-state index is 13.2. The molecule has 0 aromatic heterocycles. The lowest BCUT2D eigenvalue weighted by Gasteiger charge is -2.42. The molecule has 0 saturated carbocycles. The standard InChI is InChI=1S/C19H28N2O3/c1-14-3-4-16(15(2)11-14)17-12-21(7-10-24-17)18(22)19(13-20)5-8-23-9-6-19/h3-4,11,17H,5-10,12-13,20H2,1-2H3. The molecule has 3 rings (SSSR count). The van der Waals surface area contributed by atoms with Crippen LogP contribution in [0.2, 0.25) is 0 Å². The number of amides is 1. The van der Waals surface area contributed by atoms with Crippen LogP contribution in [0.1, 0.15) is 35.6 Å². The van der Waals surface area contributed by atoms with E-state index in [1.54, 1.807) is 0 Å². The van der Waals surface area contributed by atoms with Crippen LogP contribution in [-0.2, 0) is 14.3 Å². The zero-order valence-corrected chi connectivity index (χ0v) is 14.7. The summed E-state index contributed by atoms with van der Waals surface area (Å²) in [6.45, 7) is 7.63. The van der Waals surface area contributed by atoms with E-state index in [1.807, 2.05) is 4.90 Å². The third-order valence-corrected chi connectivity index (χ3v) is 5.42. The molecule has 0 spiro atoms. The highest BCUT2D eigenvalue weighted by molar-refractivity contribution is 5.83. The van der Waals surface area contributed by atoms with E-state index in [-0.39, 0.29) is 12.0 Å². The van der Waals surface area contributed by atoms with Crippen LogP contribution in [0.25, 0.3) is 0 Å². The Labute approximate surface area is 144 Å². The van der Waals surface area contributed by atoms with Crippen molar-refractivity contribution < 1.29 is 14.3 Å². The number of aryl methyl sites for hydroxylation is 2. The van der Waals surface area contributed by atoms with E-state index in [4.69, 9.17) is 15.2 Å². The van der Waals surface area contributed by atoms with Gasteiger partial charge in [0.25, 0.3) is 0 Å². The molecule has 1 aromatic carbocycles. The number of ether oxygens (including phenoxy) is 2. The number of carbonyl (C=O) groups is 1. The summed E-state index contributed by atoms with van der Waals surface area (Å²) in [6, 6.07) is 6.39. The van der Waals surface area contributed by atoms with Crippen molar-refractivity contribution in [3.8, 4) is 0 Å². The van der Waals surface area contributed by atoms with Crippen LogP contribution in [0.15, 0.2) is 18.2 Å². The van der Waals surface area contributed by atoms with E-state index in [2.05, 4.69) is 32.0 Å². The number of nitrogens with two attached hydrogens (primary N) is 1. The largest absolute Gasteiger partial charge is 0.381 e. The molecular weight excluding hydrogens is 304 g/mol. The zero-order valence-electron chi connectivity index (χ0n) is 14.7. The Kier molecular flexibility index (Phi) is 5.23. The van der Waals surface area contributed by atoms with Crippen LogP contribution in [-0.4, -0.2) is 50.3 Å².